The van der Waals surface area contributed by atoms with E-state index >= 15 is 0 Å². The van der Waals surface area contributed by atoms with Crippen LogP contribution in [0.15, 0.2) is 54.1 Å². The molecule has 6 nitrogen and oxygen atoms in total. The van der Waals surface area contributed by atoms with Crippen molar-refractivity contribution in [1.29, 1.82) is 0 Å². The van der Waals surface area contributed by atoms with Gasteiger partial charge < -0.3 is 14.2 Å². The van der Waals surface area contributed by atoms with E-state index in [9.17, 15) is 10.1 Å². The summed E-state index contributed by atoms with van der Waals surface area (Å²) < 4.78 is 16.1. The number of nitrogens with zero attached hydrogens (tertiary/aromatic N) is 1. The summed E-state index contributed by atoms with van der Waals surface area (Å²) >= 11 is 0. The standard InChI is InChI=1S/C22H25NO5/c1-16(2)5-11-19-12-8-18(15-21(19)28-22(26-3)27-4)7-6-17-9-13-20(14-10-17)23(24)25/h5-10,12-15,22H,11H2,1-4H3. The summed E-state index contributed by atoms with van der Waals surface area (Å²) in [6, 6.07) is 12.3. The minimum atomic E-state index is -0.792. The van der Waals surface area contributed by atoms with Gasteiger partial charge in [0.1, 0.15) is 5.75 Å². The molecule has 0 amide bonds. The number of benzene rings is 2. The highest BCUT2D eigenvalue weighted by Crippen LogP contribution is 2.25. The summed E-state index contributed by atoms with van der Waals surface area (Å²) in [5.74, 6) is 0.678. The highest BCUT2D eigenvalue weighted by Gasteiger charge is 2.11. The fraction of sp³-hybridized carbons (Fsp3) is 0.273. The van der Waals surface area contributed by atoms with Crippen molar-refractivity contribution >= 4 is 17.8 Å². The Hall–Kier alpha value is -2.96. The number of hydrogen-bond acceptors (Lipinski definition) is 5. The predicted molar refractivity (Wildman–Crippen MR) is 110 cm³/mol. The first-order valence-corrected chi connectivity index (χ1v) is 8.84. The molecule has 0 atom stereocenters. The Morgan fingerprint density at radius 2 is 1.64 bits per heavy atom. The lowest BCUT2D eigenvalue weighted by molar-refractivity contribution is -0.384. The van der Waals surface area contributed by atoms with Crippen molar-refractivity contribution in [2.75, 3.05) is 14.2 Å². The number of ether oxygens (including phenoxy) is 3. The van der Waals surface area contributed by atoms with Crippen molar-refractivity contribution in [3.63, 3.8) is 0 Å². The molecule has 0 fully saturated rings. The normalized spacial score (nSPS) is 11.0. The van der Waals surface area contributed by atoms with E-state index in [4.69, 9.17) is 14.2 Å². The molecule has 0 bridgehead atoms. The average molecular weight is 383 g/mol. The van der Waals surface area contributed by atoms with E-state index in [-0.39, 0.29) is 5.69 Å². The van der Waals surface area contributed by atoms with Crippen LogP contribution in [0.5, 0.6) is 5.75 Å². The van der Waals surface area contributed by atoms with Gasteiger partial charge in [0.15, 0.2) is 0 Å². The Bertz CT molecular complexity index is 848. The molecule has 0 spiro atoms. The molecule has 6 heteroatoms. The van der Waals surface area contributed by atoms with Crippen LogP contribution < -0.4 is 4.74 Å². The number of hydrogen-bond donors (Lipinski definition) is 0. The Balaban J connectivity index is 2.26. The van der Waals surface area contributed by atoms with Crippen molar-refractivity contribution in [1.82, 2.24) is 0 Å². The second kappa shape index (κ2) is 10.4. The third-order valence-electron chi connectivity index (χ3n) is 4.00. The maximum Gasteiger partial charge on any atom is 0.315 e. The third kappa shape index (κ3) is 6.33. The number of rotatable bonds is 9. The zero-order valence-electron chi connectivity index (χ0n) is 16.5. The van der Waals surface area contributed by atoms with Crippen LogP contribution in [0.1, 0.15) is 30.5 Å². The summed E-state index contributed by atoms with van der Waals surface area (Å²) in [5, 5.41) is 10.7. The molecule has 0 saturated carbocycles. The van der Waals surface area contributed by atoms with Crippen molar-refractivity contribution in [3.8, 4) is 5.75 Å². The van der Waals surface area contributed by atoms with E-state index in [2.05, 4.69) is 19.9 Å². The summed E-state index contributed by atoms with van der Waals surface area (Å²) in [6.45, 7) is 3.31. The number of allylic oxidation sites excluding steroid dienone is 2. The Morgan fingerprint density at radius 1 is 1.04 bits per heavy atom. The summed E-state index contributed by atoms with van der Waals surface area (Å²) in [4.78, 5) is 10.3. The van der Waals surface area contributed by atoms with E-state index in [1.807, 2.05) is 30.4 Å². The highest BCUT2D eigenvalue weighted by molar-refractivity contribution is 5.71. The van der Waals surface area contributed by atoms with Crippen LogP contribution >= 0.6 is 0 Å². The Labute approximate surface area is 165 Å². The molecule has 0 aliphatic heterocycles. The monoisotopic (exact) mass is 383 g/mol. The first-order chi connectivity index (χ1) is 13.4. The lowest BCUT2D eigenvalue weighted by atomic mass is 10.0. The minimum Gasteiger partial charge on any atom is -0.441 e. The maximum absolute atomic E-state index is 10.7. The third-order valence-corrected chi connectivity index (χ3v) is 4.00. The average Bonchev–Trinajstić information content (AvgIpc) is 2.69. The molecule has 148 valence electrons. The smallest absolute Gasteiger partial charge is 0.315 e. The van der Waals surface area contributed by atoms with Gasteiger partial charge in [-0.1, -0.05) is 35.9 Å². The molecule has 0 N–H and O–H groups in total. The van der Waals surface area contributed by atoms with Crippen LogP contribution in [0.2, 0.25) is 0 Å². The number of methoxy groups -OCH3 is 2. The molecule has 0 unspecified atom stereocenters. The van der Waals surface area contributed by atoms with Gasteiger partial charge in [-0.05, 0) is 55.2 Å². The summed E-state index contributed by atoms with van der Waals surface area (Å²) in [7, 11) is 3.03. The molecule has 0 aliphatic carbocycles. The predicted octanol–water partition coefficient (Wildman–Crippen LogP) is 5.23. The SMILES string of the molecule is COC(OC)Oc1cc(C=Cc2ccc([N+](=O)[O-])cc2)ccc1CC=C(C)C. The van der Waals surface area contributed by atoms with E-state index < -0.39 is 11.4 Å². The Morgan fingerprint density at radius 3 is 2.21 bits per heavy atom. The van der Waals surface area contributed by atoms with Crippen molar-refractivity contribution in [2.24, 2.45) is 0 Å². The molecule has 0 radical (unpaired) electrons. The van der Waals surface area contributed by atoms with Gasteiger partial charge in [-0.15, -0.1) is 0 Å². The largest absolute Gasteiger partial charge is 0.441 e. The number of nitro groups is 1. The van der Waals surface area contributed by atoms with Crippen LogP contribution in [0.4, 0.5) is 5.69 Å². The van der Waals surface area contributed by atoms with Gasteiger partial charge in [0, 0.05) is 26.4 Å². The molecule has 0 aliphatic rings. The molecule has 2 aromatic carbocycles. The van der Waals surface area contributed by atoms with E-state index in [0.29, 0.717) is 5.75 Å². The molecular formula is C22H25NO5. The van der Waals surface area contributed by atoms with Crippen LogP contribution in [0.3, 0.4) is 0 Å². The molecule has 28 heavy (non-hydrogen) atoms. The van der Waals surface area contributed by atoms with Gasteiger partial charge in [0.2, 0.25) is 0 Å². The zero-order valence-corrected chi connectivity index (χ0v) is 16.5. The van der Waals surface area contributed by atoms with Gasteiger partial charge in [-0.2, -0.15) is 0 Å². The molecule has 2 aromatic rings. The molecule has 0 aromatic heterocycles. The van der Waals surface area contributed by atoms with E-state index in [1.54, 1.807) is 12.1 Å². The highest BCUT2D eigenvalue weighted by atomic mass is 16.8. The first-order valence-electron chi connectivity index (χ1n) is 8.84. The van der Waals surface area contributed by atoms with Gasteiger partial charge >= 0.3 is 6.48 Å². The quantitative estimate of drug-likeness (QED) is 0.195. The second-order valence-corrected chi connectivity index (χ2v) is 6.41. The molecule has 2 rings (SSSR count). The van der Waals surface area contributed by atoms with Crippen LogP contribution in [0, 0.1) is 10.1 Å². The van der Waals surface area contributed by atoms with Gasteiger partial charge in [0.05, 0.1) is 4.92 Å². The van der Waals surface area contributed by atoms with Crippen LogP contribution in [0.25, 0.3) is 12.2 Å². The molecular weight excluding hydrogens is 358 g/mol. The second-order valence-electron chi connectivity index (χ2n) is 6.41. The minimum absolute atomic E-state index is 0.0710. The Kier molecular flexibility index (Phi) is 7.92. The zero-order chi connectivity index (χ0) is 20.5. The van der Waals surface area contributed by atoms with Crippen LogP contribution in [-0.2, 0) is 15.9 Å². The van der Waals surface area contributed by atoms with Crippen molar-refractivity contribution < 1.29 is 19.1 Å². The number of nitro benzene ring substituents is 1. The lowest BCUT2D eigenvalue weighted by Crippen LogP contribution is -2.21. The van der Waals surface area contributed by atoms with Crippen molar-refractivity contribution in [3.05, 3.63) is 80.9 Å². The fourth-order valence-corrected chi connectivity index (χ4v) is 2.46. The van der Waals surface area contributed by atoms with Crippen LogP contribution in [-0.4, -0.2) is 25.6 Å². The van der Waals surface area contributed by atoms with E-state index in [1.165, 1.54) is 31.9 Å². The van der Waals surface area contributed by atoms with Gasteiger partial charge in [-0.3, -0.25) is 10.1 Å². The van der Waals surface area contributed by atoms with E-state index in [0.717, 1.165) is 23.1 Å². The summed E-state index contributed by atoms with van der Waals surface area (Å²) in [6.07, 6.45) is 6.68. The summed E-state index contributed by atoms with van der Waals surface area (Å²) in [5.41, 5.74) is 4.12. The maximum atomic E-state index is 10.7. The van der Waals surface area contributed by atoms with Crippen molar-refractivity contribution in [2.45, 2.75) is 26.7 Å². The topological polar surface area (TPSA) is 70.8 Å². The molecule has 0 saturated heterocycles. The first kappa shape index (κ1) is 21.3. The fourth-order valence-electron chi connectivity index (χ4n) is 2.46. The molecule has 0 heterocycles. The van der Waals surface area contributed by atoms with Gasteiger partial charge in [0.25, 0.3) is 5.69 Å². The van der Waals surface area contributed by atoms with Gasteiger partial charge in [-0.25, -0.2) is 0 Å². The number of non-ortho nitro benzene ring substituents is 1. The lowest BCUT2D eigenvalue weighted by Gasteiger charge is -2.18.